The van der Waals surface area contributed by atoms with Crippen molar-refractivity contribution < 1.29 is 47.3 Å². The first kappa shape index (κ1) is 31.9. The minimum absolute atomic E-state index is 0.0451. The Hall–Kier alpha value is -2.31. The van der Waals surface area contributed by atoms with Crippen LogP contribution >= 0.6 is 0 Å². The molecule has 0 amide bonds. The third-order valence-corrected chi connectivity index (χ3v) is 6.70. The first-order valence-electron chi connectivity index (χ1n) is 9.76. The van der Waals surface area contributed by atoms with Gasteiger partial charge in [0.15, 0.2) is 0 Å². The van der Waals surface area contributed by atoms with E-state index >= 15 is 0 Å². The number of aliphatic carboxylic acids is 1. The van der Waals surface area contributed by atoms with Gasteiger partial charge in [0.25, 0.3) is 0 Å². The summed E-state index contributed by atoms with van der Waals surface area (Å²) in [7, 11) is 1.61. The van der Waals surface area contributed by atoms with Crippen molar-refractivity contribution in [1.82, 2.24) is 0 Å². The first-order chi connectivity index (χ1) is 14.9. The lowest BCUT2D eigenvalue weighted by molar-refractivity contribution is -0.142. The maximum atomic E-state index is 11.7. The number of esters is 2. The Bertz CT molecular complexity index is 659. The number of carboxylic acids is 1. The molecule has 0 aliphatic rings. The zero-order valence-corrected chi connectivity index (χ0v) is 20.8. The lowest BCUT2D eigenvalue weighted by atomic mass is 10.2. The lowest BCUT2D eigenvalue weighted by Crippen LogP contribution is -2.43. The van der Waals surface area contributed by atoms with E-state index in [1.54, 1.807) is 6.92 Å². The van der Waals surface area contributed by atoms with E-state index in [9.17, 15) is 14.4 Å². The van der Waals surface area contributed by atoms with Crippen molar-refractivity contribution in [3.05, 3.63) is 36.0 Å². The number of carbonyl (C=O) groups excluding carboxylic acids is 2. The predicted octanol–water partition coefficient (Wildman–Crippen LogP) is 2.26. The summed E-state index contributed by atoms with van der Waals surface area (Å²) in [6.45, 7) is 11.7. The monoisotopic (exact) mass is 476 g/mol. The van der Waals surface area contributed by atoms with Crippen LogP contribution in [0.15, 0.2) is 36.0 Å². The van der Waals surface area contributed by atoms with E-state index in [-0.39, 0.29) is 24.4 Å². The molecule has 0 rings (SSSR count). The van der Waals surface area contributed by atoms with Gasteiger partial charge in [0.2, 0.25) is 0 Å². The molecule has 0 aromatic heterocycles. The summed E-state index contributed by atoms with van der Waals surface area (Å²) >= 11 is 0. The zero-order chi connectivity index (χ0) is 25.3. The maximum absolute atomic E-state index is 11.7. The van der Waals surface area contributed by atoms with Crippen LogP contribution in [0.4, 0.5) is 0 Å². The fourth-order valence-electron chi connectivity index (χ4n) is 1.99. The molecule has 0 heterocycles. The Balaban J connectivity index is 0. The van der Waals surface area contributed by atoms with Crippen molar-refractivity contribution in [2.45, 2.75) is 45.8 Å². The van der Waals surface area contributed by atoms with Gasteiger partial charge in [-0.05, 0) is 33.3 Å². The number of hydrogen-bond acceptors (Lipinski definition) is 9. The zero-order valence-electron chi connectivity index (χ0n) is 19.8. The summed E-state index contributed by atoms with van der Waals surface area (Å²) in [6.07, 6.45) is 1.45. The average molecular weight is 477 g/mol. The average Bonchev–Trinajstić information content (AvgIpc) is 2.75. The van der Waals surface area contributed by atoms with Gasteiger partial charge in [-0.15, -0.1) is 0 Å². The van der Waals surface area contributed by atoms with Crippen LogP contribution < -0.4 is 0 Å². The molecule has 0 aromatic carbocycles. The molecule has 0 radical (unpaired) electrons. The van der Waals surface area contributed by atoms with Gasteiger partial charge < -0.3 is 33.0 Å². The van der Waals surface area contributed by atoms with E-state index in [1.807, 2.05) is 0 Å². The van der Waals surface area contributed by atoms with Gasteiger partial charge in [-0.2, -0.15) is 0 Å². The quantitative estimate of drug-likeness (QED) is 0.166. The number of rotatable bonds is 14. The Labute approximate surface area is 190 Å². The third kappa shape index (κ3) is 13.9. The van der Waals surface area contributed by atoms with Gasteiger partial charge in [0.1, 0.15) is 6.10 Å². The molecule has 0 saturated carbocycles. The Morgan fingerprint density at radius 2 is 1.47 bits per heavy atom. The molecule has 0 bridgehead atoms. The van der Waals surface area contributed by atoms with Crippen molar-refractivity contribution in [1.29, 1.82) is 0 Å². The van der Waals surface area contributed by atoms with Gasteiger partial charge in [-0.25, -0.2) is 14.4 Å². The van der Waals surface area contributed by atoms with Crippen molar-refractivity contribution >= 4 is 26.7 Å². The standard InChI is InChI=1S/C14H24O7Si.C7H12O3/c1-10(2)14(17)21-12(9-11(3)13(15)16)7-8-22(18-4,19-5)20-6;1-6(2)7(9)10-5-3-4-8/h9,12H,1,7-8H2,2-6H3,(H,15,16);8H,1,3-5H2,2H3. The van der Waals surface area contributed by atoms with E-state index in [4.69, 9.17) is 28.2 Å². The van der Waals surface area contributed by atoms with Gasteiger partial charge in [0.05, 0.1) is 6.61 Å². The SMILES string of the molecule is C=C(C)C(=O)OC(C=C(C)C(=O)O)CC[Si](OC)(OC)OC.C=C(C)C(=O)OCCCO. The van der Waals surface area contributed by atoms with Gasteiger partial charge in [-0.1, -0.05) is 13.2 Å². The number of aliphatic hydroxyl groups is 1. The molecule has 0 saturated heterocycles. The molecule has 0 aliphatic heterocycles. The van der Waals surface area contributed by atoms with E-state index < -0.39 is 32.8 Å². The summed E-state index contributed by atoms with van der Waals surface area (Å²) < 4.78 is 25.8. The van der Waals surface area contributed by atoms with Crippen LogP contribution in [0.5, 0.6) is 0 Å². The number of ether oxygens (including phenoxy) is 2. The Morgan fingerprint density at radius 3 is 1.84 bits per heavy atom. The van der Waals surface area contributed by atoms with E-state index in [1.165, 1.54) is 41.3 Å². The van der Waals surface area contributed by atoms with Gasteiger partial charge in [0, 0.05) is 57.1 Å². The molecule has 0 aromatic rings. The van der Waals surface area contributed by atoms with Crippen LogP contribution in [0.3, 0.4) is 0 Å². The molecule has 0 aliphatic carbocycles. The molecular formula is C21H36O10Si. The molecule has 10 nitrogen and oxygen atoms in total. The molecule has 2 N–H and O–H groups in total. The summed E-state index contributed by atoms with van der Waals surface area (Å²) in [5, 5.41) is 17.3. The molecule has 1 atom stereocenters. The predicted molar refractivity (Wildman–Crippen MR) is 120 cm³/mol. The first-order valence-corrected chi connectivity index (χ1v) is 11.7. The second-order valence-electron chi connectivity index (χ2n) is 6.71. The highest BCUT2D eigenvalue weighted by Gasteiger charge is 2.38. The summed E-state index contributed by atoms with van der Waals surface area (Å²) in [5.74, 6) is -2.06. The molecular weight excluding hydrogens is 440 g/mol. The topological polar surface area (TPSA) is 138 Å². The van der Waals surface area contributed by atoms with Crippen molar-refractivity contribution in [2.75, 3.05) is 34.5 Å². The van der Waals surface area contributed by atoms with Gasteiger partial charge in [-0.3, -0.25) is 0 Å². The molecule has 0 spiro atoms. The van der Waals surface area contributed by atoms with Gasteiger partial charge >= 0.3 is 26.7 Å². The Kier molecular flexibility index (Phi) is 17.2. The number of carboxylic acid groups (broad SMARTS) is 1. The van der Waals surface area contributed by atoms with Crippen LogP contribution in [0.1, 0.15) is 33.6 Å². The highest BCUT2D eigenvalue weighted by molar-refractivity contribution is 6.60. The lowest BCUT2D eigenvalue weighted by Gasteiger charge is -2.25. The number of aliphatic hydroxyl groups excluding tert-OH is 1. The fraction of sp³-hybridized carbons (Fsp3) is 0.571. The van der Waals surface area contributed by atoms with E-state index in [0.717, 1.165) is 0 Å². The molecule has 0 fully saturated rings. The molecule has 1 unspecified atom stereocenters. The van der Waals surface area contributed by atoms with Crippen molar-refractivity contribution in [3.8, 4) is 0 Å². The largest absolute Gasteiger partial charge is 0.500 e. The number of carbonyl (C=O) groups is 3. The minimum atomic E-state index is -2.83. The second kappa shape index (κ2) is 17.3. The summed E-state index contributed by atoms with van der Waals surface area (Å²) in [4.78, 5) is 33.2. The van der Waals surface area contributed by atoms with Crippen molar-refractivity contribution in [3.63, 3.8) is 0 Å². The minimum Gasteiger partial charge on any atom is -0.478 e. The summed E-state index contributed by atoms with van der Waals surface area (Å²) in [5.41, 5.74) is 0.706. The normalized spacial score (nSPS) is 12.2. The van der Waals surface area contributed by atoms with Crippen molar-refractivity contribution in [2.24, 2.45) is 0 Å². The molecule has 32 heavy (non-hydrogen) atoms. The Morgan fingerprint density at radius 1 is 0.969 bits per heavy atom. The molecule has 11 heteroatoms. The van der Waals surface area contributed by atoms with Crippen LogP contribution in [0.2, 0.25) is 6.04 Å². The van der Waals surface area contributed by atoms with Crippen LogP contribution in [0.25, 0.3) is 0 Å². The van der Waals surface area contributed by atoms with E-state index in [2.05, 4.69) is 17.9 Å². The van der Waals surface area contributed by atoms with Crippen LogP contribution in [0, 0.1) is 0 Å². The highest BCUT2D eigenvalue weighted by Crippen LogP contribution is 2.19. The highest BCUT2D eigenvalue weighted by atomic mass is 28.4. The summed E-state index contributed by atoms with van der Waals surface area (Å²) in [6, 6.07) is 0.369. The second-order valence-corrected chi connectivity index (χ2v) is 9.80. The maximum Gasteiger partial charge on any atom is 0.500 e. The van der Waals surface area contributed by atoms with Crippen LogP contribution in [-0.4, -0.2) is 77.6 Å². The smallest absolute Gasteiger partial charge is 0.478 e. The molecule has 184 valence electrons. The fourth-order valence-corrected chi connectivity index (χ4v) is 3.74. The third-order valence-electron chi connectivity index (χ3n) is 3.93. The van der Waals surface area contributed by atoms with E-state index in [0.29, 0.717) is 24.5 Å². The van der Waals surface area contributed by atoms with Crippen LogP contribution in [-0.2, 0) is 37.1 Å². The number of hydrogen-bond donors (Lipinski definition) is 2.